The van der Waals surface area contributed by atoms with Crippen molar-refractivity contribution in [3.63, 3.8) is 0 Å². The van der Waals surface area contributed by atoms with Crippen LogP contribution in [-0.2, 0) is 6.42 Å². The lowest BCUT2D eigenvalue weighted by molar-refractivity contribution is 0.972. The van der Waals surface area contributed by atoms with Crippen LogP contribution in [0.2, 0.25) is 0 Å². The Morgan fingerprint density at radius 3 is 2.58 bits per heavy atom. The molecule has 0 saturated carbocycles. The molecule has 0 aliphatic rings. The summed E-state index contributed by atoms with van der Waals surface area (Å²) >= 11 is 0. The van der Waals surface area contributed by atoms with Crippen molar-refractivity contribution < 1.29 is 0 Å². The number of fused-ring (bicyclic) bond motifs is 1. The number of aromatic nitrogens is 2. The van der Waals surface area contributed by atoms with E-state index in [-0.39, 0.29) is 5.56 Å². The molecule has 0 fully saturated rings. The lowest BCUT2D eigenvalue weighted by Crippen LogP contribution is -2.12. The average Bonchev–Trinajstić information content (AvgIpc) is 2.42. The zero-order chi connectivity index (χ0) is 13.2. The van der Waals surface area contributed by atoms with Gasteiger partial charge >= 0.3 is 0 Å². The second kappa shape index (κ2) is 4.69. The van der Waals surface area contributed by atoms with Gasteiger partial charge in [-0.3, -0.25) is 4.79 Å². The van der Waals surface area contributed by atoms with E-state index in [0.29, 0.717) is 17.6 Å². The van der Waals surface area contributed by atoms with E-state index >= 15 is 0 Å². The largest absolute Gasteiger partial charge is 0.310 e. The summed E-state index contributed by atoms with van der Waals surface area (Å²) in [5, 5.41) is 0.634. The lowest BCUT2D eigenvalue weighted by atomic mass is 10.1. The highest BCUT2D eigenvalue weighted by atomic mass is 16.1. The lowest BCUT2D eigenvalue weighted by Gasteiger charge is -2.03. The van der Waals surface area contributed by atoms with Crippen LogP contribution >= 0.6 is 0 Å². The van der Waals surface area contributed by atoms with Gasteiger partial charge in [-0.1, -0.05) is 42.0 Å². The first-order chi connectivity index (χ1) is 9.22. The first-order valence-electron chi connectivity index (χ1n) is 6.26. The molecule has 3 heteroatoms. The molecule has 0 amide bonds. The molecule has 1 heterocycles. The van der Waals surface area contributed by atoms with Gasteiger partial charge in [0, 0.05) is 6.42 Å². The van der Waals surface area contributed by atoms with Crippen LogP contribution in [0.3, 0.4) is 0 Å². The maximum Gasteiger partial charge on any atom is 0.258 e. The first kappa shape index (κ1) is 11.7. The Labute approximate surface area is 111 Å². The first-order valence-corrected chi connectivity index (χ1v) is 6.26. The van der Waals surface area contributed by atoms with Crippen molar-refractivity contribution in [2.75, 3.05) is 0 Å². The third kappa shape index (κ3) is 2.40. The molecule has 94 valence electrons. The fourth-order valence-corrected chi connectivity index (χ4v) is 2.12. The second-order valence-corrected chi connectivity index (χ2v) is 4.69. The zero-order valence-corrected chi connectivity index (χ0v) is 10.7. The van der Waals surface area contributed by atoms with Gasteiger partial charge in [0.15, 0.2) is 0 Å². The summed E-state index contributed by atoms with van der Waals surface area (Å²) in [6.07, 6.45) is 0.639. The molecule has 3 nitrogen and oxygen atoms in total. The molecule has 0 aliphatic heterocycles. The highest BCUT2D eigenvalue weighted by molar-refractivity contribution is 5.77. The number of hydrogen-bond donors (Lipinski definition) is 1. The standard InChI is InChI=1S/C16H14N2O/c1-11-6-8-12(9-7-11)10-15-17-14-5-3-2-4-13(14)16(19)18-15/h2-9H,10H2,1H3,(H,17,18,19). The SMILES string of the molecule is Cc1ccc(Cc2nc3ccccc3c(=O)[nH]2)cc1. The molecule has 1 aromatic heterocycles. The van der Waals surface area contributed by atoms with Crippen molar-refractivity contribution in [2.45, 2.75) is 13.3 Å². The van der Waals surface area contributed by atoms with Crippen LogP contribution in [0.1, 0.15) is 17.0 Å². The number of nitrogens with zero attached hydrogens (tertiary/aromatic N) is 1. The predicted octanol–water partition coefficient (Wildman–Crippen LogP) is 2.82. The minimum atomic E-state index is -0.0762. The van der Waals surface area contributed by atoms with Crippen LogP contribution in [0, 0.1) is 6.92 Å². The molecule has 0 bridgehead atoms. The third-order valence-electron chi connectivity index (χ3n) is 3.15. The van der Waals surface area contributed by atoms with Gasteiger partial charge in [-0.2, -0.15) is 0 Å². The summed E-state index contributed by atoms with van der Waals surface area (Å²) in [5.74, 6) is 0.701. The van der Waals surface area contributed by atoms with Crippen LogP contribution in [0.5, 0.6) is 0 Å². The van der Waals surface area contributed by atoms with Crippen molar-refractivity contribution >= 4 is 10.9 Å². The van der Waals surface area contributed by atoms with Crippen LogP contribution < -0.4 is 5.56 Å². The Morgan fingerprint density at radius 2 is 1.79 bits per heavy atom. The molecule has 0 saturated heterocycles. The van der Waals surface area contributed by atoms with Gasteiger partial charge in [0.25, 0.3) is 5.56 Å². The second-order valence-electron chi connectivity index (χ2n) is 4.69. The number of rotatable bonds is 2. The van der Waals surface area contributed by atoms with E-state index in [1.807, 2.05) is 18.2 Å². The summed E-state index contributed by atoms with van der Waals surface area (Å²) in [6, 6.07) is 15.6. The average molecular weight is 250 g/mol. The summed E-state index contributed by atoms with van der Waals surface area (Å²) < 4.78 is 0. The van der Waals surface area contributed by atoms with E-state index in [0.717, 1.165) is 11.1 Å². The van der Waals surface area contributed by atoms with Gasteiger partial charge < -0.3 is 4.98 Å². The Balaban J connectivity index is 2.01. The van der Waals surface area contributed by atoms with Crippen molar-refractivity contribution in [1.82, 2.24) is 9.97 Å². The van der Waals surface area contributed by atoms with Crippen molar-refractivity contribution in [2.24, 2.45) is 0 Å². The molecular weight excluding hydrogens is 236 g/mol. The molecule has 1 N–H and O–H groups in total. The number of H-pyrrole nitrogens is 1. The van der Waals surface area contributed by atoms with E-state index in [2.05, 4.69) is 41.2 Å². The molecule has 0 spiro atoms. The fourth-order valence-electron chi connectivity index (χ4n) is 2.12. The molecule has 19 heavy (non-hydrogen) atoms. The van der Waals surface area contributed by atoms with Gasteiger partial charge in [0.2, 0.25) is 0 Å². The molecule has 3 aromatic rings. The number of para-hydroxylation sites is 1. The van der Waals surface area contributed by atoms with Crippen LogP contribution in [0.4, 0.5) is 0 Å². The molecular formula is C16H14N2O. The number of benzene rings is 2. The van der Waals surface area contributed by atoms with E-state index < -0.39 is 0 Å². The number of nitrogens with one attached hydrogen (secondary N) is 1. The minimum Gasteiger partial charge on any atom is -0.310 e. The van der Waals surface area contributed by atoms with Gasteiger partial charge in [-0.15, -0.1) is 0 Å². The molecule has 0 aliphatic carbocycles. The van der Waals surface area contributed by atoms with Gasteiger partial charge in [0.1, 0.15) is 5.82 Å². The molecule has 0 unspecified atom stereocenters. The van der Waals surface area contributed by atoms with Crippen LogP contribution in [0.15, 0.2) is 53.3 Å². The highest BCUT2D eigenvalue weighted by Crippen LogP contribution is 2.10. The number of hydrogen-bond acceptors (Lipinski definition) is 2. The third-order valence-corrected chi connectivity index (χ3v) is 3.15. The van der Waals surface area contributed by atoms with E-state index in [4.69, 9.17) is 0 Å². The minimum absolute atomic E-state index is 0.0762. The summed E-state index contributed by atoms with van der Waals surface area (Å²) in [7, 11) is 0. The van der Waals surface area contributed by atoms with Crippen molar-refractivity contribution in [3.8, 4) is 0 Å². The Bertz CT molecular complexity index is 773. The van der Waals surface area contributed by atoms with Gasteiger partial charge in [0.05, 0.1) is 10.9 Å². The Kier molecular flexibility index (Phi) is 2.88. The molecule has 3 rings (SSSR count). The Morgan fingerprint density at radius 1 is 1.05 bits per heavy atom. The molecule has 0 atom stereocenters. The van der Waals surface area contributed by atoms with Gasteiger partial charge in [-0.05, 0) is 24.6 Å². The summed E-state index contributed by atoms with van der Waals surface area (Å²) in [5.41, 5.74) is 3.04. The predicted molar refractivity (Wildman–Crippen MR) is 76.3 cm³/mol. The maximum absolute atomic E-state index is 11.9. The molecule has 0 radical (unpaired) electrons. The smallest absolute Gasteiger partial charge is 0.258 e. The summed E-state index contributed by atoms with van der Waals surface area (Å²) in [6.45, 7) is 2.06. The van der Waals surface area contributed by atoms with Crippen LogP contribution in [-0.4, -0.2) is 9.97 Å². The Hall–Kier alpha value is -2.42. The van der Waals surface area contributed by atoms with Gasteiger partial charge in [-0.25, -0.2) is 4.98 Å². The summed E-state index contributed by atoms with van der Waals surface area (Å²) in [4.78, 5) is 19.3. The van der Waals surface area contributed by atoms with Crippen molar-refractivity contribution in [3.05, 3.63) is 75.8 Å². The number of aryl methyl sites for hydroxylation is 1. The highest BCUT2D eigenvalue weighted by Gasteiger charge is 2.03. The zero-order valence-electron chi connectivity index (χ0n) is 10.7. The van der Waals surface area contributed by atoms with E-state index in [1.165, 1.54) is 5.56 Å². The topological polar surface area (TPSA) is 45.8 Å². The number of aromatic amines is 1. The monoisotopic (exact) mass is 250 g/mol. The van der Waals surface area contributed by atoms with E-state index in [1.54, 1.807) is 6.07 Å². The quantitative estimate of drug-likeness (QED) is 0.760. The maximum atomic E-state index is 11.9. The van der Waals surface area contributed by atoms with Crippen molar-refractivity contribution in [1.29, 1.82) is 0 Å². The van der Waals surface area contributed by atoms with Crippen LogP contribution in [0.25, 0.3) is 10.9 Å². The fraction of sp³-hybridized carbons (Fsp3) is 0.125. The van der Waals surface area contributed by atoms with E-state index in [9.17, 15) is 4.79 Å². The molecule has 2 aromatic carbocycles. The normalized spacial score (nSPS) is 10.8.